The number of hydrogen-bond donors (Lipinski definition) is 1. The summed E-state index contributed by atoms with van der Waals surface area (Å²) in [7, 11) is -3.73. The van der Waals surface area contributed by atoms with E-state index in [9.17, 15) is 13.2 Å². The number of benzene rings is 2. The largest absolute Gasteiger partial charge is 0.325 e. The first-order chi connectivity index (χ1) is 10.9. The molecule has 5 nitrogen and oxygen atoms in total. The number of carbonyl (C=O) groups is 1. The van der Waals surface area contributed by atoms with Crippen molar-refractivity contribution in [2.24, 2.45) is 0 Å². The first kappa shape index (κ1) is 17.0. The zero-order chi connectivity index (χ0) is 16.9. The maximum atomic E-state index is 12.1. The van der Waals surface area contributed by atoms with E-state index in [4.69, 9.17) is 16.9 Å². The minimum Gasteiger partial charge on any atom is -0.325 e. The van der Waals surface area contributed by atoms with Gasteiger partial charge in [0.25, 0.3) is 0 Å². The molecule has 118 valence electrons. The van der Waals surface area contributed by atoms with E-state index in [2.05, 4.69) is 5.32 Å². The Morgan fingerprint density at radius 2 is 1.70 bits per heavy atom. The van der Waals surface area contributed by atoms with Crippen molar-refractivity contribution < 1.29 is 13.2 Å². The Morgan fingerprint density at radius 3 is 2.26 bits per heavy atom. The number of rotatable bonds is 5. The maximum absolute atomic E-state index is 12.1. The van der Waals surface area contributed by atoms with Gasteiger partial charge in [-0.05, 0) is 42.0 Å². The first-order valence-corrected chi connectivity index (χ1v) is 8.68. The maximum Gasteiger partial charge on any atom is 0.239 e. The molecule has 2 aromatic carbocycles. The summed E-state index contributed by atoms with van der Waals surface area (Å²) in [6, 6.07) is 14.3. The number of nitriles is 1. The molecule has 0 aliphatic heterocycles. The zero-order valence-electron chi connectivity index (χ0n) is 12.0. The first-order valence-electron chi connectivity index (χ1n) is 6.65. The van der Waals surface area contributed by atoms with Crippen LogP contribution in [0.5, 0.6) is 0 Å². The molecular weight excluding hydrogens is 336 g/mol. The summed E-state index contributed by atoms with van der Waals surface area (Å²) in [4.78, 5) is 12.0. The van der Waals surface area contributed by atoms with Crippen LogP contribution in [0.2, 0.25) is 5.02 Å². The number of hydrogen-bond acceptors (Lipinski definition) is 4. The fourth-order valence-electron chi connectivity index (χ4n) is 1.89. The van der Waals surface area contributed by atoms with Crippen LogP contribution >= 0.6 is 11.6 Å². The molecule has 1 amide bonds. The van der Waals surface area contributed by atoms with E-state index < -0.39 is 21.5 Å². The van der Waals surface area contributed by atoms with Crippen LogP contribution in [0.15, 0.2) is 53.4 Å². The summed E-state index contributed by atoms with van der Waals surface area (Å²) in [5.41, 5.74) is 1.29. The normalized spacial score (nSPS) is 10.8. The number of carbonyl (C=O) groups excluding carboxylic acids is 1. The van der Waals surface area contributed by atoms with E-state index in [0.717, 1.165) is 5.56 Å². The molecule has 0 atom stereocenters. The lowest BCUT2D eigenvalue weighted by atomic mass is 10.1. The second kappa shape index (κ2) is 7.27. The minimum absolute atomic E-state index is 0.0430. The van der Waals surface area contributed by atoms with Crippen LogP contribution in [-0.4, -0.2) is 20.1 Å². The Bertz CT molecular complexity index is 838. The van der Waals surface area contributed by atoms with Crippen molar-refractivity contribution in [1.82, 2.24) is 0 Å². The van der Waals surface area contributed by atoms with Crippen LogP contribution in [-0.2, 0) is 21.1 Å². The molecule has 2 rings (SSSR count). The third-order valence-electron chi connectivity index (χ3n) is 3.01. The van der Waals surface area contributed by atoms with Crippen molar-refractivity contribution in [2.45, 2.75) is 11.3 Å². The molecule has 0 spiro atoms. The average Bonchev–Trinajstić information content (AvgIpc) is 2.49. The lowest BCUT2D eigenvalue weighted by Crippen LogP contribution is -2.23. The van der Waals surface area contributed by atoms with Gasteiger partial charge >= 0.3 is 0 Å². The molecule has 0 saturated carbocycles. The lowest BCUT2D eigenvalue weighted by Gasteiger charge is -2.07. The minimum atomic E-state index is -3.73. The molecule has 7 heteroatoms. The molecule has 23 heavy (non-hydrogen) atoms. The van der Waals surface area contributed by atoms with Crippen molar-refractivity contribution >= 4 is 33.0 Å². The number of nitrogens with one attached hydrogen (secondary N) is 1. The van der Waals surface area contributed by atoms with Gasteiger partial charge in [-0.2, -0.15) is 5.26 Å². The van der Waals surface area contributed by atoms with Gasteiger partial charge in [0.15, 0.2) is 9.84 Å². The number of amides is 1. The van der Waals surface area contributed by atoms with Gasteiger partial charge in [0.05, 0.1) is 17.4 Å². The Balaban J connectivity index is 2.04. The predicted octanol–water partition coefficient (Wildman–Crippen LogP) is 2.82. The summed E-state index contributed by atoms with van der Waals surface area (Å²) in [6.45, 7) is 0. The summed E-state index contributed by atoms with van der Waals surface area (Å²) in [6.07, 6.45) is 0.277. The molecule has 0 radical (unpaired) electrons. The molecular formula is C16H13ClN2O3S. The summed E-state index contributed by atoms with van der Waals surface area (Å²) in [5, 5.41) is 11.5. The average molecular weight is 349 g/mol. The van der Waals surface area contributed by atoms with Crippen molar-refractivity contribution in [3.8, 4) is 6.07 Å². The fourth-order valence-corrected chi connectivity index (χ4v) is 3.15. The Morgan fingerprint density at radius 1 is 1.09 bits per heavy atom. The number of nitrogens with zero attached hydrogens (tertiary/aromatic N) is 1. The highest BCUT2D eigenvalue weighted by atomic mass is 35.5. The molecule has 1 N–H and O–H groups in total. The van der Waals surface area contributed by atoms with E-state index in [1.165, 1.54) is 24.3 Å². The molecule has 0 fully saturated rings. The molecule has 0 bridgehead atoms. The monoisotopic (exact) mass is 348 g/mol. The van der Waals surface area contributed by atoms with Crippen LogP contribution < -0.4 is 5.32 Å². The van der Waals surface area contributed by atoms with E-state index in [0.29, 0.717) is 10.7 Å². The van der Waals surface area contributed by atoms with Gasteiger partial charge in [-0.1, -0.05) is 23.7 Å². The number of halogens is 1. The van der Waals surface area contributed by atoms with Gasteiger partial charge in [0, 0.05) is 10.7 Å². The van der Waals surface area contributed by atoms with Crippen molar-refractivity contribution in [3.05, 3.63) is 59.1 Å². The van der Waals surface area contributed by atoms with Crippen molar-refractivity contribution in [1.29, 1.82) is 5.26 Å². The van der Waals surface area contributed by atoms with Gasteiger partial charge in [-0.25, -0.2) is 8.42 Å². The van der Waals surface area contributed by atoms with Crippen LogP contribution in [0, 0.1) is 11.3 Å². The molecule has 0 heterocycles. The Kier molecular flexibility index (Phi) is 5.37. The molecule has 0 saturated heterocycles. The summed E-state index contributed by atoms with van der Waals surface area (Å²) >= 11 is 5.72. The predicted molar refractivity (Wildman–Crippen MR) is 87.9 cm³/mol. The lowest BCUT2D eigenvalue weighted by molar-refractivity contribution is -0.113. The van der Waals surface area contributed by atoms with E-state index in [-0.39, 0.29) is 11.3 Å². The molecule has 2 aromatic rings. The van der Waals surface area contributed by atoms with Crippen LogP contribution in [0.25, 0.3) is 0 Å². The molecule has 0 unspecified atom stereocenters. The van der Waals surface area contributed by atoms with Crippen molar-refractivity contribution in [3.63, 3.8) is 0 Å². The Hall–Kier alpha value is -2.36. The quantitative estimate of drug-likeness (QED) is 0.900. The number of sulfone groups is 1. The molecule has 0 aliphatic rings. The number of anilines is 1. The van der Waals surface area contributed by atoms with Gasteiger partial charge in [0.2, 0.25) is 5.91 Å². The van der Waals surface area contributed by atoms with Crippen molar-refractivity contribution in [2.75, 3.05) is 11.1 Å². The Labute approximate surface area is 139 Å². The van der Waals surface area contributed by atoms with E-state index >= 15 is 0 Å². The smallest absolute Gasteiger partial charge is 0.239 e. The highest BCUT2D eigenvalue weighted by Crippen LogP contribution is 2.16. The highest BCUT2D eigenvalue weighted by molar-refractivity contribution is 7.92. The topological polar surface area (TPSA) is 87.0 Å². The zero-order valence-corrected chi connectivity index (χ0v) is 13.6. The summed E-state index contributed by atoms with van der Waals surface area (Å²) in [5.74, 6) is -1.29. The fraction of sp³-hybridized carbons (Fsp3) is 0.125. The van der Waals surface area contributed by atoms with Gasteiger partial charge in [-0.3, -0.25) is 4.79 Å². The third-order valence-corrected chi connectivity index (χ3v) is 4.90. The molecule has 0 aliphatic carbocycles. The molecule has 0 aromatic heterocycles. The second-order valence-electron chi connectivity index (χ2n) is 4.79. The van der Waals surface area contributed by atoms with Gasteiger partial charge in [0.1, 0.15) is 5.75 Å². The van der Waals surface area contributed by atoms with Crippen LogP contribution in [0.4, 0.5) is 5.69 Å². The third kappa shape index (κ3) is 4.81. The second-order valence-corrected chi connectivity index (χ2v) is 7.22. The van der Waals surface area contributed by atoms with Gasteiger partial charge in [-0.15, -0.1) is 0 Å². The van der Waals surface area contributed by atoms with Crippen LogP contribution in [0.3, 0.4) is 0 Å². The van der Waals surface area contributed by atoms with E-state index in [1.807, 2.05) is 6.07 Å². The highest BCUT2D eigenvalue weighted by Gasteiger charge is 2.19. The SMILES string of the molecule is N#CCc1ccc(NC(=O)CS(=O)(=O)c2ccc(Cl)cc2)cc1. The van der Waals surface area contributed by atoms with E-state index in [1.54, 1.807) is 24.3 Å². The van der Waals surface area contributed by atoms with Crippen LogP contribution in [0.1, 0.15) is 5.56 Å². The standard InChI is InChI=1S/C16H13ClN2O3S/c17-13-3-7-15(8-4-13)23(21,22)11-16(20)19-14-5-1-12(2-6-14)9-10-18/h1-8H,9,11H2,(H,19,20). The summed E-state index contributed by atoms with van der Waals surface area (Å²) < 4.78 is 24.3. The van der Waals surface area contributed by atoms with Gasteiger partial charge < -0.3 is 5.32 Å².